The van der Waals surface area contributed by atoms with Crippen molar-refractivity contribution in [3.8, 4) is 11.4 Å². The predicted molar refractivity (Wildman–Crippen MR) is 69.5 cm³/mol. The van der Waals surface area contributed by atoms with Crippen molar-refractivity contribution < 1.29 is 17.7 Å². The molecular weight excluding hydrogens is 283 g/mol. The highest BCUT2D eigenvalue weighted by molar-refractivity contribution is 5.55. The third-order valence-electron chi connectivity index (χ3n) is 3.80. The van der Waals surface area contributed by atoms with E-state index in [1.54, 1.807) is 6.07 Å². The summed E-state index contributed by atoms with van der Waals surface area (Å²) in [6.45, 7) is 3.76. The van der Waals surface area contributed by atoms with E-state index >= 15 is 0 Å². The van der Waals surface area contributed by atoms with Crippen LogP contribution in [0.2, 0.25) is 0 Å². The summed E-state index contributed by atoms with van der Waals surface area (Å²) in [6, 6.07) is 4.93. The number of nitrogens with one attached hydrogen (secondary N) is 1. The first kappa shape index (κ1) is 14.1. The van der Waals surface area contributed by atoms with Gasteiger partial charge in [-0.25, -0.2) is 0 Å². The molecule has 1 atom stereocenters. The number of benzene rings is 1. The van der Waals surface area contributed by atoms with Crippen molar-refractivity contribution in [2.45, 2.75) is 19.0 Å². The molecule has 4 nitrogen and oxygen atoms in total. The Labute approximate surface area is 119 Å². The Balaban J connectivity index is 1.86. The van der Waals surface area contributed by atoms with Gasteiger partial charge in [0.25, 0.3) is 0 Å². The third-order valence-corrected chi connectivity index (χ3v) is 3.80. The zero-order chi connectivity index (χ0) is 15.0. The number of alkyl halides is 3. The summed E-state index contributed by atoms with van der Waals surface area (Å²) in [5.41, 5.74) is -0.415. The van der Waals surface area contributed by atoms with E-state index in [-0.39, 0.29) is 11.7 Å². The van der Waals surface area contributed by atoms with Crippen LogP contribution in [0, 0.1) is 5.92 Å². The SMILES string of the molecule is CC(c1nc(-c2cccc(C(F)(F)F)c2)no1)C1CNC1. The Kier molecular flexibility index (Phi) is 3.44. The van der Waals surface area contributed by atoms with Crippen molar-refractivity contribution in [3.05, 3.63) is 35.7 Å². The zero-order valence-corrected chi connectivity index (χ0v) is 11.3. The molecule has 2 heterocycles. The molecule has 7 heteroatoms. The lowest BCUT2D eigenvalue weighted by Gasteiger charge is -2.30. The van der Waals surface area contributed by atoms with Crippen molar-refractivity contribution in [3.63, 3.8) is 0 Å². The first-order chi connectivity index (χ1) is 9.95. The Morgan fingerprint density at radius 1 is 1.33 bits per heavy atom. The summed E-state index contributed by atoms with van der Waals surface area (Å²) in [5, 5.41) is 6.96. The summed E-state index contributed by atoms with van der Waals surface area (Å²) in [6.07, 6.45) is -4.38. The van der Waals surface area contributed by atoms with E-state index in [9.17, 15) is 13.2 Å². The van der Waals surface area contributed by atoms with Crippen LogP contribution in [0.4, 0.5) is 13.2 Å². The fourth-order valence-corrected chi connectivity index (χ4v) is 2.24. The van der Waals surface area contributed by atoms with E-state index in [1.165, 1.54) is 6.07 Å². The van der Waals surface area contributed by atoms with Gasteiger partial charge in [-0.3, -0.25) is 0 Å². The van der Waals surface area contributed by atoms with Gasteiger partial charge >= 0.3 is 6.18 Å². The Morgan fingerprint density at radius 3 is 2.71 bits per heavy atom. The standard InChI is InChI=1S/C14H14F3N3O/c1-8(10-6-18-7-10)13-19-12(20-21-13)9-3-2-4-11(5-9)14(15,16)17/h2-5,8,10,18H,6-7H2,1H3. The van der Waals surface area contributed by atoms with Crippen LogP contribution in [0.25, 0.3) is 11.4 Å². The highest BCUT2D eigenvalue weighted by Gasteiger charge is 2.31. The molecule has 0 spiro atoms. The summed E-state index contributed by atoms with van der Waals surface area (Å²) < 4.78 is 43.3. The maximum absolute atomic E-state index is 12.7. The molecule has 1 unspecified atom stereocenters. The van der Waals surface area contributed by atoms with Gasteiger partial charge < -0.3 is 9.84 Å². The van der Waals surface area contributed by atoms with Crippen LogP contribution in [-0.2, 0) is 6.18 Å². The minimum absolute atomic E-state index is 0.0956. The van der Waals surface area contributed by atoms with Gasteiger partial charge in [0, 0.05) is 11.5 Å². The topological polar surface area (TPSA) is 51.0 Å². The van der Waals surface area contributed by atoms with E-state index < -0.39 is 11.7 Å². The monoisotopic (exact) mass is 297 g/mol. The molecule has 0 amide bonds. The fraction of sp³-hybridized carbons (Fsp3) is 0.429. The van der Waals surface area contributed by atoms with Crippen LogP contribution in [0.1, 0.15) is 24.3 Å². The second-order valence-corrected chi connectivity index (χ2v) is 5.24. The molecule has 0 radical (unpaired) electrons. The molecular formula is C14H14F3N3O. The summed E-state index contributed by atoms with van der Waals surface area (Å²) >= 11 is 0. The van der Waals surface area contributed by atoms with Crippen LogP contribution in [-0.4, -0.2) is 23.2 Å². The smallest absolute Gasteiger partial charge is 0.339 e. The van der Waals surface area contributed by atoms with Gasteiger partial charge in [-0.2, -0.15) is 18.2 Å². The van der Waals surface area contributed by atoms with Crippen molar-refractivity contribution in [1.29, 1.82) is 0 Å². The molecule has 1 aliphatic rings. The van der Waals surface area contributed by atoms with Crippen LogP contribution in [0.15, 0.2) is 28.8 Å². The molecule has 0 aliphatic carbocycles. The number of aromatic nitrogens is 2. The minimum Gasteiger partial charge on any atom is -0.339 e. The Morgan fingerprint density at radius 2 is 2.10 bits per heavy atom. The lowest BCUT2D eigenvalue weighted by molar-refractivity contribution is -0.137. The second kappa shape index (κ2) is 5.14. The molecule has 1 aromatic carbocycles. The number of nitrogens with zero attached hydrogens (tertiary/aromatic N) is 2. The van der Waals surface area contributed by atoms with Crippen molar-refractivity contribution in [2.24, 2.45) is 5.92 Å². The van der Waals surface area contributed by atoms with Crippen molar-refractivity contribution in [1.82, 2.24) is 15.5 Å². The number of rotatable bonds is 3. The Hall–Kier alpha value is -1.89. The van der Waals surface area contributed by atoms with Gasteiger partial charge in [-0.1, -0.05) is 24.2 Å². The largest absolute Gasteiger partial charge is 0.416 e. The first-order valence-electron chi connectivity index (χ1n) is 6.67. The molecule has 1 aliphatic heterocycles. The highest BCUT2D eigenvalue weighted by atomic mass is 19.4. The normalized spacial score (nSPS) is 17.5. The lowest BCUT2D eigenvalue weighted by Crippen LogP contribution is -2.44. The predicted octanol–water partition coefficient (Wildman–Crippen LogP) is 3.08. The maximum Gasteiger partial charge on any atom is 0.416 e. The number of halogens is 3. The zero-order valence-electron chi connectivity index (χ0n) is 11.3. The number of hydrogen-bond donors (Lipinski definition) is 1. The van der Waals surface area contributed by atoms with Gasteiger partial charge in [0.05, 0.1) is 5.56 Å². The molecule has 1 fully saturated rings. The van der Waals surface area contributed by atoms with Gasteiger partial charge in [-0.15, -0.1) is 0 Å². The van der Waals surface area contributed by atoms with Gasteiger partial charge in [0.15, 0.2) is 0 Å². The van der Waals surface area contributed by atoms with E-state index in [1.807, 2.05) is 6.92 Å². The minimum atomic E-state index is -4.38. The third kappa shape index (κ3) is 2.78. The molecule has 3 rings (SSSR count). The molecule has 21 heavy (non-hydrogen) atoms. The molecule has 1 N–H and O–H groups in total. The summed E-state index contributed by atoms with van der Waals surface area (Å²) in [5.74, 6) is 1.18. The lowest BCUT2D eigenvalue weighted by atomic mass is 9.89. The second-order valence-electron chi connectivity index (χ2n) is 5.24. The van der Waals surface area contributed by atoms with Gasteiger partial charge in [-0.05, 0) is 31.1 Å². The average molecular weight is 297 g/mol. The quantitative estimate of drug-likeness (QED) is 0.946. The summed E-state index contributed by atoms with van der Waals surface area (Å²) in [4.78, 5) is 4.23. The maximum atomic E-state index is 12.7. The fourth-order valence-electron chi connectivity index (χ4n) is 2.24. The van der Waals surface area contributed by atoms with Gasteiger partial charge in [0.2, 0.25) is 11.7 Å². The molecule has 1 aromatic heterocycles. The van der Waals surface area contributed by atoms with Crippen LogP contribution < -0.4 is 5.32 Å². The molecule has 112 valence electrons. The molecule has 0 saturated carbocycles. The van der Waals surface area contributed by atoms with Crippen LogP contribution in [0.5, 0.6) is 0 Å². The average Bonchev–Trinajstić information content (AvgIpc) is 2.85. The molecule has 0 bridgehead atoms. The molecule has 2 aromatic rings. The number of hydrogen-bond acceptors (Lipinski definition) is 4. The van der Waals surface area contributed by atoms with Crippen LogP contribution in [0.3, 0.4) is 0 Å². The molecule has 1 saturated heterocycles. The van der Waals surface area contributed by atoms with E-state index in [2.05, 4.69) is 15.5 Å². The van der Waals surface area contributed by atoms with E-state index in [4.69, 9.17) is 4.52 Å². The summed E-state index contributed by atoms with van der Waals surface area (Å²) in [7, 11) is 0. The van der Waals surface area contributed by atoms with E-state index in [0.717, 1.165) is 25.2 Å². The van der Waals surface area contributed by atoms with E-state index in [0.29, 0.717) is 17.4 Å². The van der Waals surface area contributed by atoms with Gasteiger partial charge in [0.1, 0.15) is 0 Å². The van der Waals surface area contributed by atoms with Crippen molar-refractivity contribution in [2.75, 3.05) is 13.1 Å². The first-order valence-corrected chi connectivity index (χ1v) is 6.67. The van der Waals surface area contributed by atoms with Crippen LogP contribution >= 0.6 is 0 Å². The highest BCUT2D eigenvalue weighted by Crippen LogP contribution is 2.32. The Bertz CT molecular complexity index is 634. The van der Waals surface area contributed by atoms with Crippen molar-refractivity contribution >= 4 is 0 Å².